The summed E-state index contributed by atoms with van der Waals surface area (Å²) in [4.78, 5) is 21.5. The van der Waals surface area contributed by atoms with Gasteiger partial charge in [0.25, 0.3) is 0 Å². The smallest absolute Gasteiger partial charge is 0.217 e. The van der Waals surface area contributed by atoms with Gasteiger partial charge in [-0.3, -0.25) is 4.79 Å². The summed E-state index contributed by atoms with van der Waals surface area (Å²) < 4.78 is 0. The Balaban J connectivity index is 2.71. The van der Waals surface area contributed by atoms with E-state index in [9.17, 15) is 14.7 Å². The average Bonchev–Trinajstić information content (AvgIpc) is 2.19. The highest BCUT2D eigenvalue weighted by molar-refractivity contribution is 6.30. The molecule has 0 radical (unpaired) electrons. The van der Waals surface area contributed by atoms with Crippen molar-refractivity contribution in [3.8, 4) is 0 Å². The van der Waals surface area contributed by atoms with E-state index < -0.39 is 17.9 Å². The van der Waals surface area contributed by atoms with Crippen LogP contribution in [-0.2, 0) is 16.0 Å². The zero-order chi connectivity index (χ0) is 12.1. The molecule has 5 heteroatoms. The van der Waals surface area contributed by atoms with Gasteiger partial charge in [-0.2, -0.15) is 0 Å². The largest absolute Gasteiger partial charge is 0.548 e. The maximum Gasteiger partial charge on any atom is 0.217 e. The number of carbonyl (C=O) groups excluding carboxylic acids is 2. The number of halogens is 1. The summed E-state index contributed by atoms with van der Waals surface area (Å²) in [6.07, 6.45) is 0.180. The highest BCUT2D eigenvalue weighted by Gasteiger charge is 2.11. The van der Waals surface area contributed by atoms with E-state index in [1.165, 1.54) is 6.92 Å². The van der Waals surface area contributed by atoms with Crippen molar-refractivity contribution >= 4 is 23.5 Å². The summed E-state index contributed by atoms with van der Waals surface area (Å²) in [5.41, 5.74) is 0.771. The lowest BCUT2D eigenvalue weighted by molar-refractivity contribution is -0.308. The number of hydrogen-bond acceptors (Lipinski definition) is 3. The van der Waals surface area contributed by atoms with E-state index in [0.717, 1.165) is 5.56 Å². The van der Waals surface area contributed by atoms with Crippen LogP contribution in [0.15, 0.2) is 24.3 Å². The van der Waals surface area contributed by atoms with Crippen LogP contribution < -0.4 is 10.4 Å². The quantitative estimate of drug-likeness (QED) is 0.814. The van der Waals surface area contributed by atoms with Crippen LogP contribution in [0.5, 0.6) is 0 Å². The van der Waals surface area contributed by atoms with Crippen molar-refractivity contribution in [1.82, 2.24) is 5.32 Å². The van der Waals surface area contributed by atoms with Crippen LogP contribution in [0.3, 0.4) is 0 Å². The van der Waals surface area contributed by atoms with Gasteiger partial charge in [-0.25, -0.2) is 0 Å². The number of amides is 1. The Hall–Kier alpha value is -1.55. The molecule has 0 aliphatic heterocycles. The summed E-state index contributed by atoms with van der Waals surface area (Å²) in [5, 5.41) is 13.6. The number of carboxylic acid groups (broad SMARTS) is 1. The molecule has 1 rings (SSSR count). The molecule has 0 fully saturated rings. The van der Waals surface area contributed by atoms with Gasteiger partial charge in [0.2, 0.25) is 5.91 Å². The summed E-state index contributed by atoms with van der Waals surface area (Å²) in [5.74, 6) is -1.70. The Labute approximate surface area is 98.2 Å². The van der Waals surface area contributed by atoms with Crippen LogP contribution >= 0.6 is 11.6 Å². The monoisotopic (exact) mass is 240 g/mol. The Bertz CT molecular complexity index is 389. The maximum atomic E-state index is 10.8. The number of rotatable bonds is 4. The molecule has 1 amide bonds. The Morgan fingerprint density at radius 1 is 1.38 bits per heavy atom. The third kappa shape index (κ3) is 3.90. The summed E-state index contributed by atoms with van der Waals surface area (Å²) in [6, 6.07) is 5.73. The Kier molecular flexibility index (Phi) is 4.31. The zero-order valence-corrected chi connectivity index (χ0v) is 9.45. The molecule has 0 aromatic heterocycles. The van der Waals surface area contributed by atoms with Crippen LogP contribution in [0.25, 0.3) is 0 Å². The van der Waals surface area contributed by atoms with E-state index in [1.807, 2.05) is 0 Å². The minimum atomic E-state index is -1.30. The fourth-order valence-electron chi connectivity index (χ4n) is 1.29. The molecule has 0 aliphatic rings. The summed E-state index contributed by atoms with van der Waals surface area (Å²) in [7, 11) is 0. The fraction of sp³-hybridized carbons (Fsp3) is 0.273. The zero-order valence-electron chi connectivity index (χ0n) is 8.70. The second kappa shape index (κ2) is 5.51. The molecule has 1 aromatic carbocycles. The summed E-state index contributed by atoms with van der Waals surface area (Å²) in [6.45, 7) is 1.26. The molecule has 0 unspecified atom stereocenters. The SMILES string of the molecule is CC(=O)N[C@H](Cc1ccc(Cl)cc1)C(=O)[O-]. The minimum absolute atomic E-state index is 0.180. The molecule has 4 nitrogen and oxygen atoms in total. The van der Waals surface area contributed by atoms with Crippen molar-refractivity contribution in [1.29, 1.82) is 0 Å². The van der Waals surface area contributed by atoms with Crippen molar-refractivity contribution in [2.45, 2.75) is 19.4 Å². The predicted octanol–water partition coefficient (Wildman–Crippen LogP) is 0.137. The van der Waals surface area contributed by atoms with Crippen molar-refractivity contribution in [3.05, 3.63) is 34.9 Å². The van der Waals surface area contributed by atoms with E-state index in [4.69, 9.17) is 11.6 Å². The highest BCUT2D eigenvalue weighted by Crippen LogP contribution is 2.11. The second-order valence-electron chi connectivity index (χ2n) is 3.40. The van der Waals surface area contributed by atoms with Gasteiger partial charge in [-0.1, -0.05) is 23.7 Å². The molecule has 0 saturated heterocycles. The number of benzene rings is 1. The van der Waals surface area contributed by atoms with Crippen LogP contribution in [0.2, 0.25) is 5.02 Å². The van der Waals surface area contributed by atoms with Crippen molar-refractivity contribution in [2.24, 2.45) is 0 Å². The van der Waals surface area contributed by atoms with Crippen LogP contribution in [0.4, 0.5) is 0 Å². The molecule has 0 heterocycles. The second-order valence-corrected chi connectivity index (χ2v) is 3.84. The first kappa shape index (κ1) is 12.5. The van der Waals surface area contributed by atoms with Crippen LogP contribution in [0, 0.1) is 0 Å². The highest BCUT2D eigenvalue weighted by atomic mass is 35.5. The van der Waals surface area contributed by atoms with Crippen LogP contribution in [0.1, 0.15) is 12.5 Å². The van der Waals surface area contributed by atoms with Crippen LogP contribution in [-0.4, -0.2) is 17.9 Å². The van der Waals surface area contributed by atoms with Gasteiger partial charge in [0.15, 0.2) is 0 Å². The van der Waals surface area contributed by atoms with Gasteiger partial charge in [-0.05, 0) is 24.1 Å². The van der Waals surface area contributed by atoms with E-state index in [0.29, 0.717) is 5.02 Å². The lowest BCUT2D eigenvalue weighted by Gasteiger charge is -2.18. The maximum absolute atomic E-state index is 10.8. The molecule has 86 valence electrons. The molecule has 1 atom stereocenters. The number of aliphatic carboxylic acids is 1. The van der Waals surface area contributed by atoms with Gasteiger partial charge in [0, 0.05) is 11.9 Å². The molecule has 0 bridgehead atoms. The lowest BCUT2D eigenvalue weighted by Crippen LogP contribution is -2.48. The topological polar surface area (TPSA) is 69.2 Å². The number of carboxylic acids is 1. The first-order chi connectivity index (χ1) is 7.49. The first-order valence-corrected chi connectivity index (χ1v) is 5.09. The van der Waals surface area contributed by atoms with Gasteiger partial charge in [-0.15, -0.1) is 0 Å². The van der Waals surface area contributed by atoms with Gasteiger partial charge in [0.05, 0.1) is 12.0 Å². The number of carbonyl (C=O) groups is 2. The Morgan fingerprint density at radius 3 is 2.38 bits per heavy atom. The van der Waals surface area contributed by atoms with Crippen molar-refractivity contribution < 1.29 is 14.7 Å². The standard InChI is InChI=1S/C11H12ClNO3/c1-7(14)13-10(11(15)16)6-8-2-4-9(12)5-3-8/h2-5,10H,6H2,1H3,(H,13,14)(H,15,16)/p-1/t10-/m1/s1. The molecule has 16 heavy (non-hydrogen) atoms. The first-order valence-electron chi connectivity index (χ1n) is 4.71. The predicted molar refractivity (Wildman–Crippen MR) is 57.8 cm³/mol. The molecule has 0 spiro atoms. The fourth-order valence-corrected chi connectivity index (χ4v) is 1.42. The lowest BCUT2D eigenvalue weighted by atomic mass is 10.1. The molecular weight excluding hydrogens is 230 g/mol. The van der Waals surface area contributed by atoms with E-state index >= 15 is 0 Å². The third-order valence-electron chi connectivity index (χ3n) is 2.02. The minimum Gasteiger partial charge on any atom is -0.548 e. The average molecular weight is 241 g/mol. The van der Waals surface area contributed by atoms with Gasteiger partial charge >= 0.3 is 0 Å². The van der Waals surface area contributed by atoms with Gasteiger partial charge < -0.3 is 15.2 Å². The molecular formula is C11H11ClNO3-. The molecule has 1 N–H and O–H groups in total. The molecule has 0 aliphatic carbocycles. The van der Waals surface area contributed by atoms with Crippen molar-refractivity contribution in [3.63, 3.8) is 0 Å². The molecule has 1 aromatic rings. The third-order valence-corrected chi connectivity index (χ3v) is 2.27. The van der Waals surface area contributed by atoms with E-state index in [2.05, 4.69) is 5.32 Å². The Morgan fingerprint density at radius 2 is 1.94 bits per heavy atom. The van der Waals surface area contributed by atoms with Gasteiger partial charge in [0.1, 0.15) is 0 Å². The summed E-state index contributed by atoms with van der Waals surface area (Å²) >= 11 is 5.70. The van der Waals surface area contributed by atoms with Crippen molar-refractivity contribution in [2.75, 3.05) is 0 Å². The number of nitrogens with one attached hydrogen (secondary N) is 1. The van der Waals surface area contributed by atoms with E-state index in [1.54, 1.807) is 24.3 Å². The molecule has 0 saturated carbocycles. The number of hydrogen-bond donors (Lipinski definition) is 1. The van der Waals surface area contributed by atoms with E-state index in [-0.39, 0.29) is 6.42 Å². The normalized spacial score (nSPS) is 11.9.